The van der Waals surface area contributed by atoms with Crippen LogP contribution < -0.4 is 5.32 Å². The van der Waals surface area contributed by atoms with E-state index in [1.807, 2.05) is 0 Å². The van der Waals surface area contributed by atoms with E-state index in [1.165, 1.54) is 12.3 Å². The van der Waals surface area contributed by atoms with Crippen LogP contribution in [0, 0.1) is 23.4 Å². The number of halogens is 3. The first-order valence-electron chi connectivity index (χ1n) is 6.91. The standard InChI is InChI=1S/C16H13F3N2O/c17-10-3-4-13(18)12(7-10)15(9-1-2-9)21-16(22)11-5-6-20-8-14(11)19/h3-9,15H,1-2H2,(H,21,22)/t15-/m0/s1. The van der Waals surface area contributed by atoms with Crippen molar-refractivity contribution in [3.63, 3.8) is 0 Å². The molecule has 3 rings (SSSR count). The van der Waals surface area contributed by atoms with Crippen LogP contribution in [0.1, 0.15) is 34.8 Å². The fraction of sp³-hybridized carbons (Fsp3) is 0.250. The zero-order valence-corrected chi connectivity index (χ0v) is 11.5. The highest BCUT2D eigenvalue weighted by Gasteiger charge is 2.35. The van der Waals surface area contributed by atoms with E-state index in [1.54, 1.807) is 0 Å². The van der Waals surface area contributed by atoms with Crippen LogP contribution in [0.3, 0.4) is 0 Å². The van der Waals surface area contributed by atoms with Crippen molar-refractivity contribution in [1.29, 1.82) is 0 Å². The van der Waals surface area contributed by atoms with Crippen LogP contribution in [0.4, 0.5) is 13.2 Å². The summed E-state index contributed by atoms with van der Waals surface area (Å²) in [4.78, 5) is 15.8. The number of benzene rings is 1. The Balaban J connectivity index is 1.88. The van der Waals surface area contributed by atoms with Gasteiger partial charge < -0.3 is 5.32 Å². The molecular formula is C16H13F3N2O. The van der Waals surface area contributed by atoms with Crippen molar-refractivity contribution in [2.75, 3.05) is 0 Å². The number of hydrogen-bond acceptors (Lipinski definition) is 2. The zero-order valence-electron chi connectivity index (χ0n) is 11.5. The fourth-order valence-electron chi connectivity index (χ4n) is 2.41. The largest absolute Gasteiger partial charge is 0.345 e. The summed E-state index contributed by atoms with van der Waals surface area (Å²) >= 11 is 0. The van der Waals surface area contributed by atoms with Crippen molar-refractivity contribution in [3.05, 3.63) is 65.2 Å². The third-order valence-electron chi connectivity index (χ3n) is 3.69. The summed E-state index contributed by atoms with van der Waals surface area (Å²) in [6.07, 6.45) is 3.84. The van der Waals surface area contributed by atoms with Gasteiger partial charge >= 0.3 is 0 Å². The molecule has 1 aromatic heterocycles. The first kappa shape index (κ1) is 14.6. The van der Waals surface area contributed by atoms with Crippen LogP contribution >= 0.6 is 0 Å². The minimum absolute atomic E-state index is 0.0325. The van der Waals surface area contributed by atoms with E-state index in [2.05, 4.69) is 10.3 Å². The smallest absolute Gasteiger partial charge is 0.254 e. The van der Waals surface area contributed by atoms with Crippen LogP contribution in [0.25, 0.3) is 0 Å². The second-order valence-corrected chi connectivity index (χ2v) is 5.31. The number of aromatic nitrogens is 1. The molecule has 1 amide bonds. The lowest BCUT2D eigenvalue weighted by molar-refractivity contribution is 0.0926. The number of hydrogen-bond donors (Lipinski definition) is 1. The number of nitrogens with zero attached hydrogens (tertiary/aromatic N) is 1. The van der Waals surface area contributed by atoms with Gasteiger partial charge in [0.2, 0.25) is 0 Å². The van der Waals surface area contributed by atoms with E-state index in [4.69, 9.17) is 0 Å². The molecule has 1 aliphatic rings. The van der Waals surface area contributed by atoms with E-state index in [9.17, 15) is 18.0 Å². The minimum atomic E-state index is -0.755. The molecule has 1 fully saturated rings. The topological polar surface area (TPSA) is 42.0 Å². The molecule has 1 aliphatic carbocycles. The molecule has 0 bridgehead atoms. The summed E-state index contributed by atoms with van der Waals surface area (Å²) in [5.74, 6) is -2.56. The number of amides is 1. The van der Waals surface area contributed by atoms with Crippen LogP contribution in [0.15, 0.2) is 36.7 Å². The molecule has 0 saturated heterocycles. The molecule has 0 radical (unpaired) electrons. The van der Waals surface area contributed by atoms with Gasteiger partial charge in [0, 0.05) is 11.8 Å². The Morgan fingerprint density at radius 2 is 1.95 bits per heavy atom. The van der Waals surface area contributed by atoms with E-state index in [-0.39, 0.29) is 17.0 Å². The fourth-order valence-corrected chi connectivity index (χ4v) is 2.41. The molecule has 0 aliphatic heterocycles. The van der Waals surface area contributed by atoms with Crippen molar-refractivity contribution >= 4 is 5.91 Å². The lowest BCUT2D eigenvalue weighted by Gasteiger charge is -2.19. The Labute approximate surface area is 125 Å². The Morgan fingerprint density at radius 1 is 1.18 bits per heavy atom. The van der Waals surface area contributed by atoms with E-state index in [0.29, 0.717) is 0 Å². The molecular weight excluding hydrogens is 293 g/mol. The van der Waals surface area contributed by atoms with Crippen LogP contribution in [-0.2, 0) is 0 Å². The van der Waals surface area contributed by atoms with Gasteiger partial charge in [0.15, 0.2) is 5.82 Å². The lowest BCUT2D eigenvalue weighted by atomic mass is 10.0. The monoisotopic (exact) mass is 306 g/mol. The van der Waals surface area contributed by atoms with Gasteiger partial charge in [-0.3, -0.25) is 9.78 Å². The van der Waals surface area contributed by atoms with Gasteiger partial charge in [-0.25, -0.2) is 13.2 Å². The van der Waals surface area contributed by atoms with Gasteiger partial charge in [-0.1, -0.05) is 0 Å². The normalized spacial score (nSPS) is 15.4. The minimum Gasteiger partial charge on any atom is -0.345 e. The maximum absolute atomic E-state index is 13.9. The van der Waals surface area contributed by atoms with E-state index in [0.717, 1.165) is 37.2 Å². The predicted octanol–water partition coefficient (Wildman–Crippen LogP) is 3.38. The van der Waals surface area contributed by atoms with Gasteiger partial charge in [-0.05, 0) is 43.0 Å². The summed E-state index contributed by atoms with van der Waals surface area (Å²) in [7, 11) is 0. The summed E-state index contributed by atoms with van der Waals surface area (Å²) in [5, 5.41) is 2.61. The highest BCUT2D eigenvalue weighted by molar-refractivity contribution is 5.94. The van der Waals surface area contributed by atoms with Crippen LogP contribution in [-0.4, -0.2) is 10.9 Å². The molecule has 3 nitrogen and oxygen atoms in total. The first-order chi connectivity index (χ1) is 10.6. The zero-order chi connectivity index (χ0) is 15.7. The van der Waals surface area contributed by atoms with Gasteiger partial charge in [0.25, 0.3) is 5.91 Å². The average molecular weight is 306 g/mol. The van der Waals surface area contributed by atoms with Crippen molar-refractivity contribution in [2.24, 2.45) is 5.92 Å². The molecule has 0 unspecified atom stereocenters. The molecule has 1 N–H and O–H groups in total. The second-order valence-electron chi connectivity index (χ2n) is 5.31. The van der Waals surface area contributed by atoms with Crippen molar-refractivity contribution < 1.29 is 18.0 Å². The Morgan fingerprint density at radius 3 is 2.64 bits per heavy atom. The molecule has 22 heavy (non-hydrogen) atoms. The van der Waals surface area contributed by atoms with Crippen molar-refractivity contribution in [1.82, 2.24) is 10.3 Å². The number of pyridine rings is 1. The Hall–Kier alpha value is -2.37. The van der Waals surface area contributed by atoms with Crippen LogP contribution in [0.2, 0.25) is 0 Å². The maximum atomic E-state index is 13.9. The molecule has 2 aromatic rings. The third-order valence-corrected chi connectivity index (χ3v) is 3.69. The number of carbonyl (C=O) groups excluding carboxylic acids is 1. The van der Waals surface area contributed by atoms with E-state index < -0.39 is 29.4 Å². The van der Waals surface area contributed by atoms with Gasteiger partial charge in [0.1, 0.15) is 11.6 Å². The summed E-state index contributed by atoms with van der Waals surface area (Å²) in [6, 6.07) is 3.69. The summed E-state index contributed by atoms with van der Waals surface area (Å²) in [5.41, 5.74) is -0.0808. The van der Waals surface area contributed by atoms with Crippen molar-refractivity contribution in [3.8, 4) is 0 Å². The second kappa shape index (κ2) is 5.79. The Kier molecular flexibility index (Phi) is 3.83. The van der Waals surface area contributed by atoms with Gasteiger partial charge in [-0.15, -0.1) is 0 Å². The predicted molar refractivity (Wildman–Crippen MR) is 73.5 cm³/mol. The molecule has 1 atom stereocenters. The quantitative estimate of drug-likeness (QED) is 0.941. The maximum Gasteiger partial charge on any atom is 0.254 e. The summed E-state index contributed by atoms with van der Waals surface area (Å²) in [6.45, 7) is 0. The highest BCUT2D eigenvalue weighted by atomic mass is 19.1. The Bertz CT molecular complexity index is 716. The third kappa shape index (κ3) is 2.95. The van der Waals surface area contributed by atoms with Gasteiger partial charge in [0.05, 0.1) is 17.8 Å². The molecule has 114 valence electrons. The summed E-state index contributed by atoms with van der Waals surface area (Å²) < 4.78 is 40.9. The molecule has 1 saturated carbocycles. The van der Waals surface area contributed by atoms with E-state index >= 15 is 0 Å². The molecule has 1 heterocycles. The molecule has 1 aromatic carbocycles. The van der Waals surface area contributed by atoms with Crippen LogP contribution in [0.5, 0.6) is 0 Å². The number of nitrogens with one attached hydrogen (secondary N) is 1. The lowest BCUT2D eigenvalue weighted by Crippen LogP contribution is -2.31. The SMILES string of the molecule is O=C(N[C@H](c1cc(F)ccc1F)C1CC1)c1ccncc1F. The van der Waals surface area contributed by atoms with Crippen molar-refractivity contribution in [2.45, 2.75) is 18.9 Å². The van der Waals surface area contributed by atoms with Gasteiger partial charge in [-0.2, -0.15) is 0 Å². The molecule has 6 heteroatoms. The number of rotatable bonds is 4. The first-order valence-corrected chi connectivity index (χ1v) is 6.91. The average Bonchev–Trinajstić information content (AvgIpc) is 3.32. The highest BCUT2D eigenvalue weighted by Crippen LogP contribution is 2.42. The molecule has 0 spiro atoms. The number of carbonyl (C=O) groups is 1.